The van der Waals surface area contributed by atoms with Crippen molar-refractivity contribution in [2.45, 2.75) is 79.4 Å². The number of aryl methyl sites for hydroxylation is 1. The Balaban J connectivity index is 1.08. The number of anilines is 4. The van der Waals surface area contributed by atoms with Crippen molar-refractivity contribution in [3.05, 3.63) is 281 Å². The number of benzene rings is 10. The van der Waals surface area contributed by atoms with E-state index >= 15 is 0 Å². The maximum absolute atomic E-state index is 10.0. The second kappa shape index (κ2) is 23.3. The second-order valence-corrected chi connectivity index (χ2v) is 25.4. The average molecular weight is 1320 g/mol. The molecule has 0 unspecified atom stereocenters. The van der Waals surface area contributed by atoms with Crippen molar-refractivity contribution in [1.29, 1.82) is 0 Å². The van der Waals surface area contributed by atoms with E-state index < -0.39 is 38.2 Å². The molecule has 1 aliphatic rings. The topological polar surface area (TPSA) is 38.5 Å². The molecule has 0 N–H and O–H groups in total. The SMILES string of the molecule is [2H]c1c([2H])c([2H])c2c(c1[2H])n(-c1[c-]c(Oc3nc(N4B(c5ccccc5)N(c5ccccc5)c5ccc[c-]c54)cc(C([2H])([2H])[2H])c3-c3ccccc3)ccc1)[c](=[Pt])n2-c1c(-c2ccc(-c3ccccc3)cc2)cc(C([2H])([2H])C(C)C)cc1-c1cc(C(C)(C)C)cc(C(C)(C)C)c1. The van der Waals surface area contributed by atoms with E-state index in [-0.39, 0.29) is 62.5 Å². The Bertz CT molecular complexity index is 4980. The van der Waals surface area contributed by atoms with Crippen LogP contribution in [0.25, 0.3) is 66.9 Å². The average Bonchev–Trinajstić information content (AvgIpc) is 1.48. The minimum absolute atomic E-state index is 0.00754. The molecule has 3 heterocycles. The normalized spacial score (nSPS) is 14.4. The molecule has 0 fully saturated rings. The molecule has 12 aromatic rings. The molecule has 0 amide bonds. The van der Waals surface area contributed by atoms with Crippen molar-refractivity contribution in [1.82, 2.24) is 14.1 Å². The number of hydrogen-bond donors (Lipinski definition) is 0. The molecule has 0 saturated heterocycles. The van der Waals surface area contributed by atoms with Crippen LogP contribution in [0.5, 0.6) is 11.6 Å². The molecule has 1 aliphatic heterocycles. The molecule has 0 spiro atoms. The Kier molecular flexibility index (Phi) is 12.7. The molecule has 8 heteroatoms. The quantitative estimate of drug-likeness (QED) is 0.0852. The van der Waals surface area contributed by atoms with Gasteiger partial charge in [-0.2, -0.15) is 12.1 Å². The molecule has 6 nitrogen and oxygen atoms in total. The first-order chi connectivity index (χ1) is 45.7. The summed E-state index contributed by atoms with van der Waals surface area (Å²) in [6.45, 7) is 13.6. The van der Waals surface area contributed by atoms with Crippen molar-refractivity contribution < 1.29 is 36.4 Å². The minimum atomic E-state index is -2.70. The number of para-hydroxylation sites is 4. The van der Waals surface area contributed by atoms with Gasteiger partial charge in [-0.15, -0.1) is 6.07 Å². The third-order valence-electron chi connectivity index (χ3n) is 15.9. The Labute approximate surface area is 537 Å². The van der Waals surface area contributed by atoms with Crippen LogP contribution in [0.2, 0.25) is 0 Å². The van der Waals surface area contributed by atoms with Crippen LogP contribution in [0.4, 0.5) is 22.9 Å². The number of aromatic nitrogens is 3. The Hall–Kier alpha value is -9.03. The van der Waals surface area contributed by atoms with Crippen LogP contribution in [0.1, 0.15) is 90.0 Å². The first-order valence-corrected chi connectivity index (χ1v) is 30.6. The van der Waals surface area contributed by atoms with Gasteiger partial charge in [0, 0.05) is 5.69 Å². The summed E-state index contributed by atoms with van der Waals surface area (Å²) in [5.41, 5.74) is 12.0. The van der Waals surface area contributed by atoms with E-state index in [0.717, 1.165) is 50.2 Å². The summed E-state index contributed by atoms with van der Waals surface area (Å²) in [6.07, 6.45) is -1.84. The van der Waals surface area contributed by atoms with E-state index in [4.69, 9.17) is 9.72 Å². The molecule has 0 aliphatic carbocycles. The van der Waals surface area contributed by atoms with Crippen LogP contribution in [0.15, 0.2) is 243 Å². The van der Waals surface area contributed by atoms with Crippen molar-refractivity contribution in [2.24, 2.45) is 5.92 Å². The van der Waals surface area contributed by atoms with Gasteiger partial charge in [0.15, 0.2) is 0 Å². The number of rotatable bonds is 13. The summed E-state index contributed by atoms with van der Waals surface area (Å²) in [6, 6.07) is 76.1. The standard InChI is InChI=1S/C79H70BN5O.Pt/c1-54(2)45-56-47-68(59-43-41-58(42-44-59)57-27-14-10-15-28-57)76(69(48-56)61-49-62(78(4,5)6)51-63(50-61)79(7,8)9)83-53-82(70-37-22-23-38-71(70)83)66-35-26-36-67(52-66)86-77-75(60-29-16-11-17-30-60)55(3)46-74(81-77)85-73-40-25-24-39-72(73)84(65-33-20-13-21-34-65)80(85)64-31-18-12-19-32-64;/h10-39,41-44,46-51,54H,45H2,1-9H3;/q-2;/i3D3,22D,23D,37D,38D,45D2;. The van der Waals surface area contributed by atoms with Crippen molar-refractivity contribution in [2.75, 3.05) is 9.62 Å². The summed E-state index contributed by atoms with van der Waals surface area (Å²) < 4.78 is 97.4. The van der Waals surface area contributed by atoms with Crippen LogP contribution in [0.3, 0.4) is 0 Å². The molecule has 432 valence electrons. The van der Waals surface area contributed by atoms with E-state index in [1.54, 1.807) is 28.8 Å². The summed E-state index contributed by atoms with van der Waals surface area (Å²) in [5, 5.41) is 0. The summed E-state index contributed by atoms with van der Waals surface area (Å²) in [4.78, 5) is 9.59. The van der Waals surface area contributed by atoms with Crippen molar-refractivity contribution in [3.8, 4) is 67.5 Å². The van der Waals surface area contributed by atoms with Gasteiger partial charge in [-0.1, -0.05) is 48.5 Å². The van der Waals surface area contributed by atoms with Crippen LogP contribution in [0, 0.1) is 28.7 Å². The van der Waals surface area contributed by atoms with Crippen LogP contribution >= 0.6 is 0 Å². The molecule has 0 saturated carbocycles. The molecule has 10 aromatic carbocycles. The zero-order chi connectivity index (χ0) is 67.9. The number of fused-ring (bicyclic) bond motifs is 2. The fraction of sp³-hybridized carbons (Fsp3) is 0.165. The van der Waals surface area contributed by atoms with E-state index in [9.17, 15) is 12.3 Å². The van der Waals surface area contributed by atoms with E-state index in [2.05, 4.69) is 120 Å². The van der Waals surface area contributed by atoms with Gasteiger partial charge in [-0.25, -0.2) is 0 Å². The Morgan fingerprint density at radius 1 is 0.609 bits per heavy atom. The van der Waals surface area contributed by atoms with Gasteiger partial charge in [0.2, 0.25) is 0 Å². The van der Waals surface area contributed by atoms with Crippen molar-refractivity contribution in [3.63, 3.8) is 0 Å². The van der Waals surface area contributed by atoms with Crippen LogP contribution < -0.4 is 19.8 Å². The predicted molar refractivity (Wildman–Crippen MR) is 359 cm³/mol. The summed E-state index contributed by atoms with van der Waals surface area (Å²) >= 11 is 2.21. The van der Waals surface area contributed by atoms with E-state index in [1.807, 2.05) is 175 Å². The third kappa shape index (κ3) is 11.2. The van der Waals surface area contributed by atoms with E-state index in [0.29, 0.717) is 43.1 Å². The van der Waals surface area contributed by atoms with Gasteiger partial charge in [-0.05, 0) is 12.1 Å². The number of ether oxygens (including phenoxy) is 1. The van der Waals surface area contributed by atoms with Crippen LogP contribution in [-0.2, 0) is 36.6 Å². The zero-order valence-electron chi connectivity index (χ0n) is 58.9. The summed E-state index contributed by atoms with van der Waals surface area (Å²) in [7, 11) is 0. The molecule has 0 radical (unpaired) electrons. The summed E-state index contributed by atoms with van der Waals surface area (Å²) in [5.74, 6) is -0.0621. The molecule has 0 atom stereocenters. The van der Waals surface area contributed by atoms with Crippen molar-refractivity contribution >= 4 is 46.4 Å². The Morgan fingerprint density at radius 2 is 1.20 bits per heavy atom. The van der Waals surface area contributed by atoms with Gasteiger partial charge in [0.05, 0.1) is 0 Å². The molecular formula is C79H70BN5OPt-2. The van der Waals surface area contributed by atoms with Crippen LogP contribution in [-0.4, -0.2) is 21.1 Å². The molecule has 13 rings (SSSR count). The number of pyridine rings is 1. The molecule has 2 aromatic heterocycles. The van der Waals surface area contributed by atoms with Gasteiger partial charge < -0.3 is 0 Å². The molecular weight excluding hydrogens is 1240 g/mol. The van der Waals surface area contributed by atoms with Gasteiger partial charge >= 0.3 is 456 Å². The first-order valence-electron chi connectivity index (χ1n) is 33.9. The number of imidazole rings is 1. The van der Waals surface area contributed by atoms with Gasteiger partial charge in [-0.3, -0.25) is 0 Å². The zero-order valence-corrected chi connectivity index (χ0v) is 52.2. The third-order valence-corrected chi connectivity index (χ3v) is 16.9. The van der Waals surface area contributed by atoms with Gasteiger partial charge in [0.1, 0.15) is 0 Å². The fourth-order valence-electron chi connectivity index (χ4n) is 11.7. The fourth-order valence-corrected chi connectivity index (χ4v) is 12.7. The monoisotopic (exact) mass is 1320 g/mol. The first kappa shape index (κ1) is 47.2. The number of hydrogen-bond acceptors (Lipinski definition) is 4. The predicted octanol–water partition coefficient (Wildman–Crippen LogP) is 19.7. The second-order valence-electron chi connectivity index (χ2n) is 24.4. The number of nitrogens with zero attached hydrogens (tertiary/aromatic N) is 5. The Morgan fingerprint density at radius 3 is 1.83 bits per heavy atom. The van der Waals surface area contributed by atoms with E-state index in [1.165, 1.54) is 0 Å². The van der Waals surface area contributed by atoms with Gasteiger partial charge in [0.25, 0.3) is 0 Å². The molecule has 0 bridgehead atoms. The maximum atomic E-state index is 10.0. The molecule has 87 heavy (non-hydrogen) atoms.